The number of carbonyl (C=O) groups is 1. The van der Waals surface area contributed by atoms with Crippen LogP contribution in [0.15, 0.2) is 77.7 Å². The molecular formula is C26H28FN3O5S. The molecule has 0 radical (unpaired) electrons. The fourth-order valence-corrected chi connectivity index (χ4v) is 5.06. The number of ether oxygens (including phenoxy) is 2. The van der Waals surface area contributed by atoms with Crippen molar-refractivity contribution in [1.29, 1.82) is 0 Å². The second-order valence-electron chi connectivity index (χ2n) is 8.26. The zero-order valence-electron chi connectivity index (χ0n) is 19.8. The summed E-state index contributed by atoms with van der Waals surface area (Å²) < 4.78 is 52.1. The predicted octanol–water partition coefficient (Wildman–Crippen LogP) is 3.44. The van der Waals surface area contributed by atoms with Gasteiger partial charge in [-0.15, -0.1) is 0 Å². The molecule has 0 aliphatic carbocycles. The Morgan fingerprint density at radius 1 is 1.03 bits per heavy atom. The smallest absolute Gasteiger partial charge is 0.261 e. The molecular weight excluding hydrogens is 485 g/mol. The van der Waals surface area contributed by atoms with Gasteiger partial charge in [-0.3, -0.25) is 14.4 Å². The van der Waals surface area contributed by atoms with E-state index in [-0.39, 0.29) is 22.5 Å². The number of hydrogen-bond acceptors (Lipinski definition) is 6. The van der Waals surface area contributed by atoms with Gasteiger partial charge < -0.3 is 14.8 Å². The number of methoxy groups -OCH3 is 1. The number of hydrogen-bond donors (Lipinski definition) is 2. The molecule has 190 valence electrons. The molecule has 0 aromatic heterocycles. The fourth-order valence-electron chi connectivity index (χ4n) is 4.00. The van der Waals surface area contributed by atoms with E-state index in [0.717, 1.165) is 24.4 Å². The molecule has 36 heavy (non-hydrogen) atoms. The summed E-state index contributed by atoms with van der Waals surface area (Å²) in [4.78, 5) is 15.1. The van der Waals surface area contributed by atoms with Crippen molar-refractivity contribution in [3.63, 3.8) is 0 Å². The van der Waals surface area contributed by atoms with Crippen molar-refractivity contribution in [2.75, 3.05) is 44.7 Å². The number of para-hydroxylation sites is 1. The van der Waals surface area contributed by atoms with E-state index >= 15 is 0 Å². The topological polar surface area (TPSA) is 97.0 Å². The van der Waals surface area contributed by atoms with Crippen molar-refractivity contribution in [2.45, 2.75) is 10.9 Å². The normalized spacial score (nSPS) is 15.2. The lowest BCUT2D eigenvalue weighted by Crippen LogP contribution is -2.43. The van der Waals surface area contributed by atoms with Gasteiger partial charge in [0, 0.05) is 25.2 Å². The number of sulfonamides is 1. The second-order valence-corrected chi connectivity index (χ2v) is 9.94. The third kappa shape index (κ3) is 6.20. The summed E-state index contributed by atoms with van der Waals surface area (Å²) in [5, 5.41) is 2.96. The highest BCUT2D eigenvalue weighted by Crippen LogP contribution is 2.24. The first-order valence-corrected chi connectivity index (χ1v) is 13.0. The molecule has 1 amide bonds. The molecule has 1 saturated heterocycles. The van der Waals surface area contributed by atoms with Crippen molar-refractivity contribution in [3.05, 3.63) is 89.7 Å². The maximum Gasteiger partial charge on any atom is 0.261 e. The number of rotatable bonds is 9. The van der Waals surface area contributed by atoms with Crippen molar-refractivity contribution >= 4 is 21.6 Å². The number of morpholine rings is 1. The second kappa shape index (κ2) is 11.5. The van der Waals surface area contributed by atoms with E-state index in [1.807, 2.05) is 24.3 Å². The van der Waals surface area contributed by atoms with Gasteiger partial charge in [-0.05, 0) is 54.1 Å². The van der Waals surface area contributed by atoms with Gasteiger partial charge in [0.1, 0.15) is 11.6 Å². The van der Waals surface area contributed by atoms with Gasteiger partial charge >= 0.3 is 0 Å². The molecule has 3 aromatic rings. The number of anilines is 1. The molecule has 0 spiro atoms. The van der Waals surface area contributed by atoms with E-state index in [9.17, 15) is 17.6 Å². The molecule has 1 aliphatic rings. The Morgan fingerprint density at radius 3 is 2.33 bits per heavy atom. The Morgan fingerprint density at radius 2 is 1.69 bits per heavy atom. The van der Waals surface area contributed by atoms with Crippen LogP contribution >= 0.6 is 0 Å². The molecule has 1 heterocycles. The van der Waals surface area contributed by atoms with Crippen molar-refractivity contribution in [1.82, 2.24) is 10.2 Å². The largest absolute Gasteiger partial charge is 0.497 e. The van der Waals surface area contributed by atoms with E-state index in [1.54, 1.807) is 7.11 Å². The lowest BCUT2D eigenvalue weighted by Gasteiger charge is -2.35. The number of amides is 1. The molecule has 1 fully saturated rings. The van der Waals surface area contributed by atoms with Crippen molar-refractivity contribution < 1.29 is 27.1 Å². The summed E-state index contributed by atoms with van der Waals surface area (Å²) in [6.45, 7) is 3.09. The third-order valence-corrected chi connectivity index (χ3v) is 7.37. The summed E-state index contributed by atoms with van der Waals surface area (Å²) in [5.74, 6) is -0.250. The molecule has 1 atom stereocenters. The van der Waals surface area contributed by atoms with Crippen LogP contribution in [0.5, 0.6) is 5.75 Å². The lowest BCUT2D eigenvalue weighted by molar-refractivity contribution is 0.0162. The average Bonchev–Trinajstić information content (AvgIpc) is 2.91. The summed E-state index contributed by atoms with van der Waals surface area (Å²) in [7, 11) is -2.40. The fraction of sp³-hybridized carbons (Fsp3) is 0.269. The van der Waals surface area contributed by atoms with Gasteiger partial charge in [0.15, 0.2) is 0 Å². The van der Waals surface area contributed by atoms with E-state index in [1.165, 1.54) is 48.5 Å². The molecule has 2 N–H and O–H groups in total. The van der Waals surface area contributed by atoms with Gasteiger partial charge in [0.2, 0.25) is 0 Å². The molecule has 4 rings (SSSR count). The van der Waals surface area contributed by atoms with Gasteiger partial charge in [-0.1, -0.05) is 24.3 Å². The number of halogens is 1. The van der Waals surface area contributed by atoms with Crippen LogP contribution < -0.4 is 14.8 Å². The quantitative estimate of drug-likeness (QED) is 0.455. The van der Waals surface area contributed by atoms with Gasteiger partial charge in [0.05, 0.1) is 36.9 Å². The molecule has 8 nitrogen and oxygen atoms in total. The molecule has 0 unspecified atom stereocenters. The number of nitrogens with one attached hydrogen (secondary N) is 2. The first kappa shape index (κ1) is 25.6. The zero-order valence-corrected chi connectivity index (χ0v) is 20.6. The molecule has 0 bridgehead atoms. The maximum absolute atomic E-state index is 13.9. The van der Waals surface area contributed by atoms with Crippen LogP contribution in [-0.2, 0) is 14.8 Å². The Balaban J connectivity index is 1.44. The Kier molecular flexibility index (Phi) is 8.19. The summed E-state index contributed by atoms with van der Waals surface area (Å²) in [6.07, 6.45) is 0. The SMILES string of the molecule is COc1ccc([C@H](CNC(=O)c2ccc(S(=O)(=O)Nc3ccccc3F)cc2)N2CCOCC2)cc1. The number of nitrogens with zero attached hydrogens (tertiary/aromatic N) is 1. The molecule has 1 aliphatic heterocycles. The van der Waals surface area contributed by atoms with Crippen LogP contribution in [0.4, 0.5) is 10.1 Å². The van der Waals surface area contributed by atoms with Gasteiger partial charge in [-0.25, -0.2) is 12.8 Å². The highest BCUT2D eigenvalue weighted by atomic mass is 32.2. The summed E-state index contributed by atoms with van der Waals surface area (Å²) in [6, 6.07) is 18.7. The predicted molar refractivity (Wildman–Crippen MR) is 134 cm³/mol. The van der Waals surface area contributed by atoms with Crippen molar-refractivity contribution in [3.8, 4) is 5.75 Å². The minimum Gasteiger partial charge on any atom is -0.497 e. The average molecular weight is 514 g/mol. The van der Waals surface area contributed by atoms with E-state index in [0.29, 0.717) is 25.3 Å². The van der Waals surface area contributed by atoms with Crippen LogP contribution in [0.2, 0.25) is 0 Å². The third-order valence-electron chi connectivity index (χ3n) is 5.99. The highest BCUT2D eigenvalue weighted by molar-refractivity contribution is 7.92. The summed E-state index contributed by atoms with van der Waals surface area (Å²) >= 11 is 0. The van der Waals surface area contributed by atoms with E-state index in [4.69, 9.17) is 9.47 Å². The van der Waals surface area contributed by atoms with Crippen LogP contribution in [0.25, 0.3) is 0 Å². The Bertz CT molecular complexity index is 1280. The van der Waals surface area contributed by atoms with Crippen molar-refractivity contribution in [2.24, 2.45) is 0 Å². The minimum atomic E-state index is -4.01. The first-order valence-electron chi connectivity index (χ1n) is 11.5. The van der Waals surface area contributed by atoms with Crippen LogP contribution in [-0.4, -0.2) is 59.2 Å². The Hall–Kier alpha value is -3.47. The zero-order chi connectivity index (χ0) is 25.5. The standard InChI is InChI=1S/C26H28FN3O5S/c1-34-21-10-6-19(7-11-21)25(30-14-16-35-17-15-30)18-28-26(31)20-8-12-22(13-9-20)36(32,33)29-24-5-3-2-4-23(24)27/h2-13,25,29H,14-18H2,1H3,(H,28,31)/t25-/m0/s1. The number of benzene rings is 3. The maximum atomic E-state index is 13.9. The minimum absolute atomic E-state index is 0.0617. The highest BCUT2D eigenvalue weighted by Gasteiger charge is 2.24. The van der Waals surface area contributed by atoms with E-state index in [2.05, 4.69) is 14.9 Å². The molecule has 0 saturated carbocycles. The summed E-state index contributed by atoms with van der Waals surface area (Å²) in [5.41, 5.74) is 1.21. The van der Waals surface area contributed by atoms with E-state index < -0.39 is 15.8 Å². The van der Waals surface area contributed by atoms with Crippen LogP contribution in [0, 0.1) is 5.82 Å². The Labute approximate surface area is 210 Å². The van der Waals surface area contributed by atoms with Crippen LogP contribution in [0.1, 0.15) is 22.0 Å². The lowest BCUT2D eigenvalue weighted by atomic mass is 10.0. The van der Waals surface area contributed by atoms with Crippen LogP contribution in [0.3, 0.4) is 0 Å². The molecule has 10 heteroatoms. The number of carbonyl (C=O) groups excluding carboxylic acids is 1. The monoisotopic (exact) mass is 513 g/mol. The first-order chi connectivity index (χ1) is 17.4. The van der Waals surface area contributed by atoms with Gasteiger partial charge in [0.25, 0.3) is 15.9 Å². The van der Waals surface area contributed by atoms with Gasteiger partial charge in [-0.2, -0.15) is 0 Å². The molecule has 3 aromatic carbocycles.